The Labute approximate surface area is 95.5 Å². The van der Waals surface area contributed by atoms with Gasteiger partial charge in [0.05, 0.1) is 5.02 Å². The van der Waals surface area contributed by atoms with Crippen LogP contribution in [0.1, 0.15) is 12.5 Å². The van der Waals surface area contributed by atoms with E-state index < -0.39 is 0 Å². The van der Waals surface area contributed by atoms with Gasteiger partial charge in [-0.05, 0) is 23.6 Å². The van der Waals surface area contributed by atoms with E-state index in [-0.39, 0.29) is 0 Å². The minimum absolute atomic E-state index is 0.867. The molecule has 2 rings (SSSR count). The van der Waals surface area contributed by atoms with Crippen molar-refractivity contribution in [3.8, 4) is 11.1 Å². The fourth-order valence-corrected chi connectivity index (χ4v) is 2.01. The smallest absolute Gasteiger partial charge is 0.0516 e. The molecule has 0 saturated carbocycles. The molecule has 1 radical (unpaired) electrons. The molecule has 0 atom stereocenters. The van der Waals surface area contributed by atoms with Crippen molar-refractivity contribution in [2.45, 2.75) is 13.3 Å². The molecule has 0 amide bonds. The number of rotatable bonds is 2. The van der Waals surface area contributed by atoms with Gasteiger partial charge >= 0.3 is 0 Å². The van der Waals surface area contributed by atoms with Crippen LogP contribution >= 0.6 is 11.6 Å². The molecule has 2 aromatic rings. The van der Waals surface area contributed by atoms with Crippen LogP contribution in [-0.2, 0) is 6.42 Å². The minimum Gasteiger partial charge on any atom is -0.0834 e. The second-order valence-corrected chi connectivity index (χ2v) is 3.80. The highest BCUT2D eigenvalue weighted by molar-refractivity contribution is 6.34. The lowest BCUT2D eigenvalue weighted by Gasteiger charge is -2.07. The first-order chi connectivity index (χ1) is 7.33. The molecule has 0 fully saturated rings. The van der Waals surface area contributed by atoms with Gasteiger partial charge in [-0.3, -0.25) is 0 Å². The Hall–Kier alpha value is -1.27. The van der Waals surface area contributed by atoms with Crippen molar-refractivity contribution in [3.63, 3.8) is 0 Å². The maximum absolute atomic E-state index is 6.33. The van der Waals surface area contributed by atoms with Gasteiger partial charge in [0.25, 0.3) is 0 Å². The van der Waals surface area contributed by atoms with E-state index in [1.807, 2.05) is 24.3 Å². The van der Waals surface area contributed by atoms with E-state index >= 15 is 0 Å². The molecule has 0 N–H and O–H groups in total. The number of halogens is 1. The van der Waals surface area contributed by atoms with Crippen molar-refractivity contribution in [1.82, 2.24) is 0 Å². The molecule has 0 nitrogen and oxygen atoms in total. The molecule has 2 aromatic carbocycles. The fraction of sp³-hybridized carbons (Fsp3) is 0.143. The number of hydrogen-bond donors (Lipinski definition) is 0. The first-order valence-corrected chi connectivity index (χ1v) is 5.44. The molecule has 0 heterocycles. The van der Waals surface area contributed by atoms with Crippen LogP contribution in [0.5, 0.6) is 0 Å². The van der Waals surface area contributed by atoms with Crippen LogP contribution in [0.2, 0.25) is 5.02 Å². The van der Waals surface area contributed by atoms with Crippen LogP contribution < -0.4 is 0 Å². The molecule has 0 unspecified atom stereocenters. The minimum atomic E-state index is 0.867. The second-order valence-electron chi connectivity index (χ2n) is 3.42. The van der Waals surface area contributed by atoms with Gasteiger partial charge in [0, 0.05) is 5.56 Å². The Balaban J connectivity index is 2.54. The first kappa shape index (κ1) is 10.3. The lowest BCUT2D eigenvalue weighted by molar-refractivity contribution is 1.14. The molecule has 0 aliphatic heterocycles. The molecular formula is C14H12Cl. The van der Waals surface area contributed by atoms with Crippen LogP contribution in [0.4, 0.5) is 0 Å². The topological polar surface area (TPSA) is 0 Å². The molecule has 0 aromatic heterocycles. The molecule has 1 heteroatoms. The maximum Gasteiger partial charge on any atom is 0.0516 e. The van der Waals surface area contributed by atoms with Crippen LogP contribution in [-0.4, -0.2) is 0 Å². The molecule has 0 aliphatic carbocycles. The van der Waals surface area contributed by atoms with Gasteiger partial charge in [-0.15, -0.1) is 0 Å². The van der Waals surface area contributed by atoms with Gasteiger partial charge in [-0.25, -0.2) is 0 Å². The quantitative estimate of drug-likeness (QED) is 0.698. The standard InChI is InChI=1S/C14H12Cl/c1-2-11-9-6-10-13(14(11)15)12-7-4-3-5-8-12/h4-10H,2H2,1H3. The number of hydrogen-bond acceptors (Lipinski definition) is 0. The number of aryl methyl sites for hydroxylation is 1. The summed E-state index contributed by atoms with van der Waals surface area (Å²) >= 11 is 6.33. The second kappa shape index (κ2) is 4.50. The summed E-state index contributed by atoms with van der Waals surface area (Å²) in [7, 11) is 0. The van der Waals surface area contributed by atoms with Crippen LogP contribution in [0, 0.1) is 6.07 Å². The van der Waals surface area contributed by atoms with Crippen molar-refractivity contribution in [2.75, 3.05) is 0 Å². The summed E-state index contributed by atoms with van der Waals surface area (Å²) in [6, 6.07) is 17.1. The van der Waals surface area contributed by atoms with Crippen molar-refractivity contribution < 1.29 is 0 Å². The zero-order valence-electron chi connectivity index (χ0n) is 8.63. The summed E-state index contributed by atoms with van der Waals surface area (Å²) < 4.78 is 0. The average molecular weight is 216 g/mol. The van der Waals surface area contributed by atoms with E-state index in [1.165, 1.54) is 5.56 Å². The summed E-state index contributed by atoms with van der Waals surface area (Å²) in [6.07, 6.45) is 0.964. The van der Waals surface area contributed by atoms with E-state index in [2.05, 4.69) is 31.2 Å². The van der Waals surface area contributed by atoms with E-state index in [0.717, 1.165) is 22.6 Å². The third-order valence-corrected chi connectivity index (χ3v) is 2.94. The lowest BCUT2D eigenvalue weighted by Crippen LogP contribution is -1.86. The third kappa shape index (κ3) is 2.05. The van der Waals surface area contributed by atoms with Gasteiger partial charge < -0.3 is 0 Å². The Morgan fingerprint density at radius 1 is 1.13 bits per heavy atom. The van der Waals surface area contributed by atoms with E-state index in [0.29, 0.717) is 0 Å². The van der Waals surface area contributed by atoms with E-state index in [4.69, 9.17) is 11.6 Å². The van der Waals surface area contributed by atoms with Gasteiger partial charge in [0.1, 0.15) is 0 Å². The SMILES string of the molecule is CCc1cccc(-c2cc[c]cc2)c1Cl. The van der Waals surface area contributed by atoms with Crippen molar-refractivity contribution in [3.05, 3.63) is 59.1 Å². The zero-order chi connectivity index (χ0) is 10.7. The Morgan fingerprint density at radius 3 is 2.53 bits per heavy atom. The van der Waals surface area contributed by atoms with Gasteiger partial charge in [-0.1, -0.05) is 61.0 Å². The Morgan fingerprint density at radius 2 is 1.87 bits per heavy atom. The highest BCUT2D eigenvalue weighted by Crippen LogP contribution is 2.30. The molecule has 75 valence electrons. The third-order valence-electron chi connectivity index (χ3n) is 2.49. The van der Waals surface area contributed by atoms with Gasteiger partial charge in [0.2, 0.25) is 0 Å². The lowest BCUT2D eigenvalue weighted by atomic mass is 10.0. The normalized spacial score (nSPS) is 10.3. The predicted molar refractivity (Wildman–Crippen MR) is 65.1 cm³/mol. The molecular weight excluding hydrogens is 204 g/mol. The fourth-order valence-electron chi connectivity index (χ4n) is 1.64. The van der Waals surface area contributed by atoms with Crippen LogP contribution in [0.15, 0.2) is 42.5 Å². The average Bonchev–Trinajstić information content (AvgIpc) is 2.30. The largest absolute Gasteiger partial charge is 0.0834 e. The van der Waals surface area contributed by atoms with Crippen molar-refractivity contribution in [2.24, 2.45) is 0 Å². The predicted octanol–water partition coefficient (Wildman–Crippen LogP) is 4.37. The van der Waals surface area contributed by atoms with E-state index in [9.17, 15) is 0 Å². The monoisotopic (exact) mass is 215 g/mol. The zero-order valence-corrected chi connectivity index (χ0v) is 9.38. The molecule has 0 spiro atoms. The molecule has 0 saturated heterocycles. The molecule has 15 heavy (non-hydrogen) atoms. The molecule has 0 bridgehead atoms. The summed E-state index contributed by atoms with van der Waals surface area (Å²) in [6.45, 7) is 2.11. The summed E-state index contributed by atoms with van der Waals surface area (Å²) in [4.78, 5) is 0. The van der Waals surface area contributed by atoms with Gasteiger partial charge in [-0.2, -0.15) is 0 Å². The van der Waals surface area contributed by atoms with Crippen molar-refractivity contribution >= 4 is 11.6 Å². The van der Waals surface area contributed by atoms with E-state index in [1.54, 1.807) is 0 Å². The summed E-state index contributed by atoms with van der Waals surface area (Å²) in [5.74, 6) is 0. The summed E-state index contributed by atoms with van der Waals surface area (Å²) in [5, 5.41) is 0.867. The Bertz CT molecular complexity index is 446. The highest BCUT2D eigenvalue weighted by Gasteiger charge is 2.05. The summed E-state index contributed by atoms with van der Waals surface area (Å²) in [5.41, 5.74) is 3.45. The highest BCUT2D eigenvalue weighted by atomic mass is 35.5. The first-order valence-electron chi connectivity index (χ1n) is 5.07. The van der Waals surface area contributed by atoms with Crippen LogP contribution in [0.25, 0.3) is 11.1 Å². The molecule has 0 aliphatic rings. The maximum atomic E-state index is 6.33. The van der Waals surface area contributed by atoms with Crippen LogP contribution in [0.3, 0.4) is 0 Å². The number of benzene rings is 2. The van der Waals surface area contributed by atoms with Crippen molar-refractivity contribution in [1.29, 1.82) is 0 Å². The Kier molecular flexibility index (Phi) is 3.08. The van der Waals surface area contributed by atoms with Gasteiger partial charge in [0.15, 0.2) is 0 Å².